The van der Waals surface area contributed by atoms with E-state index in [1.165, 1.54) is 10.9 Å². The Morgan fingerprint density at radius 3 is 2.76 bits per heavy atom. The van der Waals surface area contributed by atoms with Gasteiger partial charge in [-0.05, 0) is 26.1 Å². The fourth-order valence-corrected chi connectivity index (χ4v) is 2.50. The lowest BCUT2D eigenvalue weighted by atomic mass is 10.2. The van der Waals surface area contributed by atoms with Crippen molar-refractivity contribution in [1.82, 2.24) is 19.7 Å². The van der Waals surface area contributed by atoms with Crippen molar-refractivity contribution >= 4 is 10.9 Å². The van der Waals surface area contributed by atoms with Gasteiger partial charge in [-0.1, -0.05) is 24.3 Å². The molecule has 2 aromatic heterocycles. The number of aromatic nitrogens is 3. The number of pyridine rings is 1. The smallest absolute Gasteiger partial charge is 0.0705 e. The lowest BCUT2D eigenvalue weighted by Crippen LogP contribution is -2.17. The molecule has 0 spiro atoms. The SMILES string of the molecule is CCn1cc(CN(C)Cc2ccc3ccccc3n2)cn1. The Balaban J connectivity index is 1.69. The average Bonchev–Trinajstić information content (AvgIpc) is 2.94. The fraction of sp³-hybridized carbons (Fsp3) is 0.294. The van der Waals surface area contributed by atoms with Crippen LogP contribution in [0, 0.1) is 0 Å². The summed E-state index contributed by atoms with van der Waals surface area (Å²) in [5, 5.41) is 5.50. The van der Waals surface area contributed by atoms with Gasteiger partial charge < -0.3 is 0 Å². The maximum Gasteiger partial charge on any atom is 0.0705 e. The van der Waals surface area contributed by atoms with Crippen molar-refractivity contribution in [2.75, 3.05) is 7.05 Å². The molecule has 4 heteroatoms. The molecule has 108 valence electrons. The van der Waals surface area contributed by atoms with E-state index in [1.54, 1.807) is 0 Å². The van der Waals surface area contributed by atoms with Gasteiger partial charge in [0.2, 0.25) is 0 Å². The molecule has 4 nitrogen and oxygen atoms in total. The highest BCUT2D eigenvalue weighted by Crippen LogP contribution is 2.13. The second kappa shape index (κ2) is 6.06. The van der Waals surface area contributed by atoms with Crippen LogP contribution in [0.25, 0.3) is 10.9 Å². The number of nitrogens with zero attached hydrogens (tertiary/aromatic N) is 4. The van der Waals surface area contributed by atoms with Gasteiger partial charge in [0, 0.05) is 36.8 Å². The van der Waals surface area contributed by atoms with Gasteiger partial charge in [-0.25, -0.2) is 0 Å². The van der Waals surface area contributed by atoms with Gasteiger partial charge in [0.05, 0.1) is 17.4 Å². The molecule has 0 saturated heterocycles. The Hall–Kier alpha value is -2.20. The van der Waals surface area contributed by atoms with E-state index in [0.717, 1.165) is 30.8 Å². The van der Waals surface area contributed by atoms with E-state index in [2.05, 4.69) is 54.4 Å². The molecule has 3 rings (SSSR count). The minimum absolute atomic E-state index is 0.835. The molecule has 0 atom stereocenters. The van der Waals surface area contributed by atoms with Crippen LogP contribution in [0.1, 0.15) is 18.2 Å². The van der Waals surface area contributed by atoms with Crippen LogP contribution in [0.15, 0.2) is 48.8 Å². The van der Waals surface area contributed by atoms with E-state index < -0.39 is 0 Å². The van der Waals surface area contributed by atoms with E-state index in [4.69, 9.17) is 4.98 Å². The number of para-hydroxylation sites is 1. The molecule has 0 amide bonds. The number of hydrogen-bond donors (Lipinski definition) is 0. The van der Waals surface area contributed by atoms with E-state index >= 15 is 0 Å². The summed E-state index contributed by atoms with van der Waals surface area (Å²) in [4.78, 5) is 6.97. The summed E-state index contributed by atoms with van der Waals surface area (Å²) in [6.45, 7) is 4.73. The molecule has 0 unspecified atom stereocenters. The second-order valence-corrected chi connectivity index (χ2v) is 5.37. The van der Waals surface area contributed by atoms with Gasteiger partial charge in [-0.15, -0.1) is 0 Å². The van der Waals surface area contributed by atoms with Crippen molar-refractivity contribution in [3.63, 3.8) is 0 Å². The summed E-state index contributed by atoms with van der Waals surface area (Å²) in [5.41, 5.74) is 3.39. The lowest BCUT2D eigenvalue weighted by Gasteiger charge is -2.15. The van der Waals surface area contributed by atoms with Gasteiger partial charge in [0.15, 0.2) is 0 Å². The van der Waals surface area contributed by atoms with Crippen molar-refractivity contribution in [1.29, 1.82) is 0 Å². The van der Waals surface area contributed by atoms with Crippen LogP contribution < -0.4 is 0 Å². The summed E-state index contributed by atoms with van der Waals surface area (Å²) < 4.78 is 1.96. The van der Waals surface area contributed by atoms with Gasteiger partial charge >= 0.3 is 0 Å². The van der Waals surface area contributed by atoms with Gasteiger partial charge in [0.25, 0.3) is 0 Å². The highest BCUT2D eigenvalue weighted by atomic mass is 15.3. The molecule has 0 bridgehead atoms. The van der Waals surface area contributed by atoms with Crippen LogP contribution in [0.2, 0.25) is 0 Å². The average molecular weight is 280 g/mol. The largest absolute Gasteiger partial charge is 0.296 e. The monoisotopic (exact) mass is 280 g/mol. The van der Waals surface area contributed by atoms with Gasteiger partial charge in [0.1, 0.15) is 0 Å². The molecular formula is C17H20N4. The molecule has 0 N–H and O–H groups in total. The molecule has 0 aliphatic heterocycles. The number of fused-ring (bicyclic) bond motifs is 1. The van der Waals surface area contributed by atoms with Crippen LogP contribution in [-0.4, -0.2) is 26.7 Å². The molecule has 2 heterocycles. The lowest BCUT2D eigenvalue weighted by molar-refractivity contribution is 0.315. The normalized spacial score (nSPS) is 11.4. The zero-order valence-corrected chi connectivity index (χ0v) is 12.5. The Labute approximate surface area is 125 Å². The number of hydrogen-bond acceptors (Lipinski definition) is 3. The van der Waals surface area contributed by atoms with Crippen molar-refractivity contribution in [2.24, 2.45) is 0 Å². The third-order valence-corrected chi connectivity index (χ3v) is 3.55. The zero-order chi connectivity index (χ0) is 14.7. The number of benzene rings is 1. The standard InChI is InChI=1S/C17H20N4/c1-3-21-12-14(10-18-21)11-20(2)13-16-9-8-15-6-4-5-7-17(15)19-16/h4-10,12H,3,11,13H2,1-2H3. The topological polar surface area (TPSA) is 34.0 Å². The van der Waals surface area contributed by atoms with E-state index in [1.807, 2.05) is 23.0 Å². The first-order chi connectivity index (χ1) is 10.2. The predicted octanol–water partition coefficient (Wildman–Crippen LogP) is 3.08. The quantitative estimate of drug-likeness (QED) is 0.720. The van der Waals surface area contributed by atoms with Crippen molar-refractivity contribution in [3.05, 3.63) is 60.0 Å². The van der Waals surface area contributed by atoms with Gasteiger partial charge in [-0.3, -0.25) is 14.6 Å². The predicted molar refractivity (Wildman–Crippen MR) is 84.8 cm³/mol. The minimum Gasteiger partial charge on any atom is -0.296 e. The Morgan fingerprint density at radius 2 is 1.95 bits per heavy atom. The second-order valence-electron chi connectivity index (χ2n) is 5.37. The molecule has 0 fully saturated rings. The Bertz CT molecular complexity index is 732. The van der Waals surface area contributed by atoms with Crippen molar-refractivity contribution < 1.29 is 0 Å². The van der Waals surface area contributed by atoms with Crippen LogP contribution in [-0.2, 0) is 19.6 Å². The van der Waals surface area contributed by atoms with Crippen LogP contribution in [0.4, 0.5) is 0 Å². The molecule has 1 aromatic carbocycles. The first-order valence-corrected chi connectivity index (χ1v) is 7.29. The summed E-state index contributed by atoms with van der Waals surface area (Å²) >= 11 is 0. The Morgan fingerprint density at radius 1 is 1.10 bits per heavy atom. The first kappa shape index (κ1) is 13.8. The zero-order valence-electron chi connectivity index (χ0n) is 12.5. The van der Waals surface area contributed by atoms with Gasteiger partial charge in [-0.2, -0.15) is 5.10 Å². The van der Waals surface area contributed by atoms with Crippen LogP contribution in [0.3, 0.4) is 0 Å². The molecular weight excluding hydrogens is 260 g/mol. The molecule has 21 heavy (non-hydrogen) atoms. The third kappa shape index (κ3) is 3.28. The maximum absolute atomic E-state index is 4.72. The van der Waals surface area contributed by atoms with Crippen molar-refractivity contribution in [3.8, 4) is 0 Å². The molecule has 0 aliphatic carbocycles. The van der Waals surface area contributed by atoms with E-state index in [0.29, 0.717) is 0 Å². The number of aryl methyl sites for hydroxylation is 1. The number of rotatable bonds is 5. The minimum atomic E-state index is 0.835. The van der Waals surface area contributed by atoms with E-state index in [9.17, 15) is 0 Å². The van der Waals surface area contributed by atoms with Crippen molar-refractivity contribution in [2.45, 2.75) is 26.6 Å². The van der Waals surface area contributed by atoms with Crippen LogP contribution in [0.5, 0.6) is 0 Å². The first-order valence-electron chi connectivity index (χ1n) is 7.29. The maximum atomic E-state index is 4.72. The summed E-state index contributed by atoms with van der Waals surface area (Å²) in [6.07, 6.45) is 4.04. The Kier molecular flexibility index (Phi) is 3.97. The summed E-state index contributed by atoms with van der Waals surface area (Å²) in [5.74, 6) is 0. The molecule has 0 radical (unpaired) electrons. The highest BCUT2D eigenvalue weighted by Gasteiger charge is 2.05. The highest BCUT2D eigenvalue weighted by molar-refractivity contribution is 5.78. The fourth-order valence-electron chi connectivity index (χ4n) is 2.50. The molecule has 3 aromatic rings. The summed E-state index contributed by atoms with van der Waals surface area (Å²) in [6, 6.07) is 12.5. The van der Waals surface area contributed by atoms with Crippen LogP contribution >= 0.6 is 0 Å². The van der Waals surface area contributed by atoms with E-state index in [-0.39, 0.29) is 0 Å². The molecule has 0 saturated carbocycles. The molecule has 0 aliphatic rings. The summed E-state index contributed by atoms with van der Waals surface area (Å²) in [7, 11) is 2.11. The third-order valence-electron chi connectivity index (χ3n) is 3.55.